The minimum absolute atomic E-state index is 0.0180. The molecule has 92 valence electrons. The van der Waals surface area contributed by atoms with E-state index in [4.69, 9.17) is 0 Å². The molecule has 2 atom stereocenters. The standard InChI is InChI=1S/C13H22O3/c1-8-5-10(15)7-13(3,4)12(8)11(16)6-9(2)14/h9-10,14-15H,5-7H2,1-4H3. The fourth-order valence-electron chi connectivity index (χ4n) is 2.78. The van der Waals surface area contributed by atoms with Crippen molar-refractivity contribution in [2.75, 3.05) is 0 Å². The number of carbonyl (C=O) groups excluding carboxylic acids is 1. The van der Waals surface area contributed by atoms with E-state index in [2.05, 4.69) is 0 Å². The van der Waals surface area contributed by atoms with Crippen LogP contribution < -0.4 is 0 Å². The summed E-state index contributed by atoms with van der Waals surface area (Å²) in [6.45, 7) is 7.49. The quantitative estimate of drug-likeness (QED) is 0.771. The van der Waals surface area contributed by atoms with Gasteiger partial charge in [0.15, 0.2) is 5.78 Å². The predicted molar refractivity (Wildman–Crippen MR) is 63.0 cm³/mol. The lowest BCUT2D eigenvalue weighted by Gasteiger charge is -2.36. The van der Waals surface area contributed by atoms with Gasteiger partial charge < -0.3 is 10.2 Å². The summed E-state index contributed by atoms with van der Waals surface area (Å²) in [6, 6.07) is 0. The lowest BCUT2D eigenvalue weighted by molar-refractivity contribution is -0.118. The SMILES string of the molecule is CC1=C(C(=O)CC(C)O)C(C)(C)CC(O)C1. The molecule has 0 amide bonds. The first kappa shape index (κ1) is 13.4. The third-order valence-corrected chi connectivity index (χ3v) is 3.15. The maximum atomic E-state index is 12.0. The predicted octanol–water partition coefficient (Wildman–Crippen LogP) is 1.82. The molecule has 0 bridgehead atoms. The number of carbonyl (C=O) groups is 1. The minimum Gasteiger partial charge on any atom is -0.393 e. The van der Waals surface area contributed by atoms with E-state index in [0.29, 0.717) is 12.8 Å². The highest BCUT2D eigenvalue weighted by molar-refractivity contribution is 5.97. The zero-order valence-electron chi connectivity index (χ0n) is 10.6. The van der Waals surface area contributed by atoms with Gasteiger partial charge in [-0.05, 0) is 37.7 Å². The number of rotatable bonds is 3. The number of hydrogen-bond acceptors (Lipinski definition) is 3. The van der Waals surface area contributed by atoms with Gasteiger partial charge in [0.1, 0.15) is 0 Å². The summed E-state index contributed by atoms with van der Waals surface area (Å²) in [7, 11) is 0. The van der Waals surface area contributed by atoms with Crippen molar-refractivity contribution in [3.05, 3.63) is 11.1 Å². The van der Waals surface area contributed by atoms with Gasteiger partial charge in [0, 0.05) is 6.42 Å². The van der Waals surface area contributed by atoms with Crippen molar-refractivity contribution in [1.29, 1.82) is 0 Å². The Morgan fingerprint density at radius 2 is 2.12 bits per heavy atom. The highest BCUT2D eigenvalue weighted by Crippen LogP contribution is 2.41. The maximum Gasteiger partial charge on any atom is 0.161 e. The van der Waals surface area contributed by atoms with E-state index in [1.165, 1.54) is 0 Å². The van der Waals surface area contributed by atoms with Crippen molar-refractivity contribution in [2.24, 2.45) is 5.41 Å². The number of hydrogen-bond donors (Lipinski definition) is 2. The van der Waals surface area contributed by atoms with Gasteiger partial charge in [-0.15, -0.1) is 0 Å². The summed E-state index contributed by atoms with van der Waals surface area (Å²) in [5.41, 5.74) is 1.49. The topological polar surface area (TPSA) is 57.5 Å². The van der Waals surface area contributed by atoms with Crippen LogP contribution in [0.25, 0.3) is 0 Å². The number of ketones is 1. The first-order valence-corrected chi connectivity index (χ1v) is 5.83. The Morgan fingerprint density at radius 1 is 1.56 bits per heavy atom. The summed E-state index contributed by atoms with van der Waals surface area (Å²) >= 11 is 0. The first-order chi connectivity index (χ1) is 7.24. The number of Topliss-reactive ketones (excluding diaryl/α,β-unsaturated/α-hetero) is 1. The summed E-state index contributed by atoms with van der Waals surface area (Å²) in [5, 5.41) is 19.0. The average molecular weight is 226 g/mol. The van der Waals surface area contributed by atoms with E-state index >= 15 is 0 Å². The van der Waals surface area contributed by atoms with Crippen molar-refractivity contribution < 1.29 is 15.0 Å². The molecule has 1 rings (SSSR count). The minimum atomic E-state index is -0.601. The van der Waals surface area contributed by atoms with Crippen LogP contribution in [0.2, 0.25) is 0 Å². The number of aliphatic hydroxyl groups excluding tert-OH is 2. The Labute approximate surface area is 97.2 Å². The van der Waals surface area contributed by atoms with Crippen molar-refractivity contribution in [3.63, 3.8) is 0 Å². The molecule has 1 aliphatic rings. The van der Waals surface area contributed by atoms with E-state index in [0.717, 1.165) is 11.1 Å². The van der Waals surface area contributed by atoms with Crippen LogP contribution >= 0.6 is 0 Å². The number of allylic oxidation sites excluding steroid dienone is 1. The normalized spacial score (nSPS) is 26.8. The van der Waals surface area contributed by atoms with Gasteiger partial charge in [0.25, 0.3) is 0 Å². The fraction of sp³-hybridized carbons (Fsp3) is 0.769. The molecule has 3 nitrogen and oxygen atoms in total. The molecule has 0 saturated carbocycles. The largest absolute Gasteiger partial charge is 0.393 e. The molecule has 0 radical (unpaired) electrons. The van der Waals surface area contributed by atoms with E-state index in [-0.39, 0.29) is 23.7 Å². The highest BCUT2D eigenvalue weighted by atomic mass is 16.3. The van der Waals surface area contributed by atoms with Gasteiger partial charge >= 0.3 is 0 Å². The summed E-state index contributed by atoms with van der Waals surface area (Å²) in [6.07, 6.45) is 0.412. The Bertz CT molecular complexity index is 313. The van der Waals surface area contributed by atoms with Crippen LogP contribution in [0, 0.1) is 5.41 Å². The highest BCUT2D eigenvalue weighted by Gasteiger charge is 2.36. The van der Waals surface area contributed by atoms with Crippen LogP contribution in [0.15, 0.2) is 11.1 Å². The van der Waals surface area contributed by atoms with Crippen molar-refractivity contribution >= 4 is 5.78 Å². The van der Waals surface area contributed by atoms with Gasteiger partial charge in [-0.1, -0.05) is 19.4 Å². The molecule has 0 saturated heterocycles. The molecule has 0 heterocycles. The second-order valence-corrected chi connectivity index (χ2v) is 5.58. The second-order valence-electron chi connectivity index (χ2n) is 5.58. The zero-order chi connectivity index (χ0) is 12.5. The lowest BCUT2D eigenvalue weighted by atomic mass is 9.69. The summed E-state index contributed by atoms with van der Waals surface area (Å²) in [4.78, 5) is 12.0. The van der Waals surface area contributed by atoms with E-state index in [9.17, 15) is 15.0 Å². The summed E-state index contributed by atoms with van der Waals surface area (Å²) in [5.74, 6) is 0.0180. The van der Waals surface area contributed by atoms with E-state index in [1.54, 1.807) is 6.92 Å². The molecule has 0 aromatic rings. The molecule has 0 spiro atoms. The molecular weight excluding hydrogens is 204 g/mol. The fourth-order valence-corrected chi connectivity index (χ4v) is 2.78. The Morgan fingerprint density at radius 3 is 2.56 bits per heavy atom. The van der Waals surface area contributed by atoms with Gasteiger partial charge in [0.2, 0.25) is 0 Å². The third kappa shape index (κ3) is 2.92. The molecule has 2 unspecified atom stereocenters. The van der Waals surface area contributed by atoms with Crippen molar-refractivity contribution in [2.45, 2.75) is 59.2 Å². The van der Waals surface area contributed by atoms with Crippen molar-refractivity contribution in [3.8, 4) is 0 Å². The Hall–Kier alpha value is -0.670. The van der Waals surface area contributed by atoms with Crippen LogP contribution in [0.4, 0.5) is 0 Å². The maximum absolute atomic E-state index is 12.0. The summed E-state index contributed by atoms with van der Waals surface area (Å²) < 4.78 is 0. The molecule has 0 aromatic heterocycles. The van der Waals surface area contributed by atoms with Gasteiger partial charge in [-0.2, -0.15) is 0 Å². The van der Waals surface area contributed by atoms with Crippen LogP contribution in [0.5, 0.6) is 0 Å². The van der Waals surface area contributed by atoms with Gasteiger partial charge in [0.05, 0.1) is 12.2 Å². The van der Waals surface area contributed by atoms with Crippen LogP contribution in [0.3, 0.4) is 0 Å². The molecule has 2 N–H and O–H groups in total. The molecule has 3 heteroatoms. The lowest BCUT2D eigenvalue weighted by Crippen LogP contribution is -2.33. The molecule has 0 aromatic carbocycles. The zero-order valence-corrected chi connectivity index (χ0v) is 10.6. The molecular formula is C13H22O3. The Kier molecular flexibility index (Phi) is 3.92. The van der Waals surface area contributed by atoms with E-state index < -0.39 is 6.10 Å². The van der Waals surface area contributed by atoms with Crippen LogP contribution in [0.1, 0.15) is 47.0 Å². The van der Waals surface area contributed by atoms with Gasteiger partial charge in [-0.3, -0.25) is 4.79 Å². The molecule has 1 aliphatic carbocycles. The first-order valence-electron chi connectivity index (χ1n) is 5.83. The molecule has 0 aliphatic heterocycles. The van der Waals surface area contributed by atoms with Crippen molar-refractivity contribution in [1.82, 2.24) is 0 Å². The molecule has 0 fully saturated rings. The second kappa shape index (κ2) is 4.68. The van der Waals surface area contributed by atoms with Crippen LogP contribution in [-0.4, -0.2) is 28.2 Å². The smallest absolute Gasteiger partial charge is 0.161 e. The average Bonchev–Trinajstić information content (AvgIpc) is 1.96. The van der Waals surface area contributed by atoms with Gasteiger partial charge in [-0.25, -0.2) is 0 Å². The van der Waals surface area contributed by atoms with Crippen LogP contribution in [-0.2, 0) is 4.79 Å². The van der Waals surface area contributed by atoms with E-state index in [1.807, 2.05) is 20.8 Å². The Balaban J connectivity index is 2.99. The monoisotopic (exact) mass is 226 g/mol. The third-order valence-electron chi connectivity index (χ3n) is 3.15. The number of aliphatic hydroxyl groups is 2. The molecule has 16 heavy (non-hydrogen) atoms.